The van der Waals surface area contributed by atoms with Crippen LogP contribution in [-0.2, 0) is 16.0 Å². The third kappa shape index (κ3) is 9.78. The molecule has 0 aliphatic carbocycles. The summed E-state index contributed by atoms with van der Waals surface area (Å²) < 4.78 is 0. The van der Waals surface area contributed by atoms with Crippen LogP contribution in [0.5, 0.6) is 0 Å². The second kappa shape index (κ2) is 16.2. The van der Waals surface area contributed by atoms with Crippen LogP contribution in [0, 0.1) is 13.8 Å². The number of carbonyl (C=O) groups is 2. The second-order valence-corrected chi connectivity index (χ2v) is 9.31. The highest BCUT2D eigenvalue weighted by atomic mass is 16.2. The summed E-state index contributed by atoms with van der Waals surface area (Å²) >= 11 is 0. The van der Waals surface area contributed by atoms with Crippen molar-refractivity contribution in [1.82, 2.24) is 19.9 Å². The molecule has 8 heteroatoms. The first kappa shape index (κ1) is 31.4. The average Bonchev–Trinajstić information content (AvgIpc) is 2.95. The van der Waals surface area contributed by atoms with Crippen LogP contribution in [0.15, 0.2) is 48.9 Å². The number of amides is 2. The zero-order chi connectivity index (χ0) is 28.8. The topological polar surface area (TPSA) is 91.3 Å². The third-order valence-corrected chi connectivity index (χ3v) is 6.28. The first-order valence-corrected chi connectivity index (χ1v) is 14.0. The predicted molar refractivity (Wildman–Crippen MR) is 160 cm³/mol. The van der Waals surface area contributed by atoms with Gasteiger partial charge in [0.05, 0.1) is 24.0 Å². The number of pyridine rings is 3. The van der Waals surface area contributed by atoms with E-state index in [1.165, 1.54) is 12.8 Å². The number of aromatic nitrogens is 3. The van der Waals surface area contributed by atoms with Crippen molar-refractivity contribution in [3.63, 3.8) is 0 Å². The normalized spacial score (nSPS) is 12.5. The standard InChI is InChI=1S/C25H28N6O2.C4H10.C2H6/c1-17-12-20(15-28-25(17)21-6-7-26-18(2)13-21)14-24(33)29-23-5-4-22(16-27-23)31-10-8-30(9-11-31)19(3)32;1-3-4-2;1-2/h4-7,12-13,15-16H,8-11,14H2,1-3H3,(H,27,29,33);3-4H2,1-2H3;1-2H3. The highest BCUT2D eigenvalue weighted by molar-refractivity contribution is 5.91. The van der Waals surface area contributed by atoms with Crippen LogP contribution in [-0.4, -0.2) is 57.8 Å². The largest absolute Gasteiger partial charge is 0.367 e. The van der Waals surface area contributed by atoms with E-state index in [9.17, 15) is 9.59 Å². The highest BCUT2D eigenvalue weighted by Crippen LogP contribution is 2.22. The van der Waals surface area contributed by atoms with Crippen molar-refractivity contribution in [2.45, 2.75) is 67.7 Å². The molecule has 2 amide bonds. The number of nitrogens with one attached hydrogen (secondary N) is 1. The second-order valence-electron chi connectivity index (χ2n) is 9.31. The Morgan fingerprint density at radius 1 is 0.897 bits per heavy atom. The van der Waals surface area contributed by atoms with E-state index >= 15 is 0 Å². The number of hydrogen-bond acceptors (Lipinski definition) is 6. The first-order valence-electron chi connectivity index (χ1n) is 14.0. The molecule has 1 N–H and O–H groups in total. The fourth-order valence-corrected chi connectivity index (χ4v) is 4.02. The van der Waals surface area contributed by atoms with Gasteiger partial charge in [-0.1, -0.05) is 46.6 Å². The molecule has 1 saturated heterocycles. The lowest BCUT2D eigenvalue weighted by molar-refractivity contribution is -0.129. The number of anilines is 2. The number of nitrogens with zero attached hydrogens (tertiary/aromatic N) is 5. The van der Waals surface area contributed by atoms with E-state index in [0.717, 1.165) is 46.9 Å². The van der Waals surface area contributed by atoms with Gasteiger partial charge in [-0.15, -0.1) is 0 Å². The molecule has 1 fully saturated rings. The fourth-order valence-electron chi connectivity index (χ4n) is 4.02. The van der Waals surface area contributed by atoms with Crippen LogP contribution in [0.3, 0.4) is 0 Å². The molecule has 1 aliphatic heterocycles. The van der Waals surface area contributed by atoms with E-state index in [4.69, 9.17) is 0 Å². The number of hydrogen-bond donors (Lipinski definition) is 1. The maximum Gasteiger partial charge on any atom is 0.230 e. The average molecular weight is 533 g/mol. The van der Waals surface area contributed by atoms with Gasteiger partial charge in [0, 0.05) is 56.8 Å². The van der Waals surface area contributed by atoms with Gasteiger partial charge in [0.25, 0.3) is 0 Å². The van der Waals surface area contributed by atoms with Crippen molar-refractivity contribution in [2.24, 2.45) is 0 Å². The van der Waals surface area contributed by atoms with Gasteiger partial charge in [-0.3, -0.25) is 19.6 Å². The molecule has 39 heavy (non-hydrogen) atoms. The molecule has 3 aromatic heterocycles. The van der Waals surface area contributed by atoms with Gasteiger partial charge in [-0.05, 0) is 49.2 Å². The number of piperazine rings is 1. The van der Waals surface area contributed by atoms with E-state index in [1.54, 1.807) is 25.5 Å². The Morgan fingerprint density at radius 3 is 2.13 bits per heavy atom. The molecular formula is C31H44N6O2. The molecule has 0 spiro atoms. The minimum atomic E-state index is -0.140. The lowest BCUT2D eigenvalue weighted by Gasteiger charge is -2.35. The Kier molecular flexibility index (Phi) is 13.1. The molecule has 1 aliphatic rings. The summed E-state index contributed by atoms with van der Waals surface area (Å²) in [5, 5.41) is 2.86. The minimum Gasteiger partial charge on any atom is -0.367 e. The molecule has 0 radical (unpaired) electrons. The summed E-state index contributed by atoms with van der Waals surface area (Å²) in [7, 11) is 0. The monoisotopic (exact) mass is 532 g/mol. The van der Waals surface area contributed by atoms with Gasteiger partial charge in [0.15, 0.2) is 0 Å². The summed E-state index contributed by atoms with van der Waals surface area (Å²) in [4.78, 5) is 41.3. The number of rotatable bonds is 6. The van der Waals surface area contributed by atoms with E-state index in [1.807, 2.05) is 62.9 Å². The van der Waals surface area contributed by atoms with Crippen LogP contribution < -0.4 is 10.2 Å². The SMILES string of the molecule is CC.CC(=O)N1CCN(c2ccc(NC(=O)Cc3cnc(-c4ccnc(C)c4)c(C)c3)nc2)CC1.CCCC. The maximum absolute atomic E-state index is 12.5. The smallest absolute Gasteiger partial charge is 0.230 e. The molecule has 8 nitrogen and oxygen atoms in total. The Balaban J connectivity index is 0.000000815. The van der Waals surface area contributed by atoms with Gasteiger partial charge in [0.1, 0.15) is 5.82 Å². The minimum absolute atomic E-state index is 0.110. The quantitative estimate of drug-likeness (QED) is 0.429. The van der Waals surface area contributed by atoms with E-state index < -0.39 is 0 Å². The van der Waals surface area contributed by atoms with Crippen molar-refractivity contribution in [3.05, 3.63) is 65.7 Å². The Hall–Kier alpha value is -3.81. The maximum atomic E-state index is 12.5. The van der Waals surface area contributed by atoms with Crippen LogP contribution in [0.4, 0.5) is 11.5 Å². The number of carbonyl (C=O) groups excluding carboxylic acids is 2. The molecule has 4 heterocycles. The van der Waals surface area contributed by atoms with E-state index in [-0.39, 0.29) is 18.2 Å². The predicted octanol–water partition coefficient (Wildman–Crippen LogP) is 5.84. The lowest BCUT2D eigenvalue weighted by atomic mass is 10.0. The lowest BCUT2D eigenvalue weighted by Crippen LogP contribution is -2.48. The summed E-state index contributed by atoms with van der Waals surface area (Å²) in [5.41, 5.74) is 5.69. The van der Waals surface area contributed by atoms with Gasteiger partial charge in [-0.2, -0.15) is 0 Å². The van der Waals surface area contributed by atoms with Gasteiger partial charge in [0.2, 0.25) is 11.8 Å². The van der Waals surface area contributed by atoms with Crippen LogP contribution >= 0.6 is 0 Å². The van der Waals surface area contributed by atoms with Crippen LogP contribution in [0.1, 0.15) is 64.3 Å². The molecule has 0 aromatic carbocycles. The molecule has 0 atom stereocenters. The van der Waals surface area contributed by atoms with Gasteiger partial charge >= 0.3 is 0 Å². The summed E-state index contributed by atoms with van der Waals surface area (Å²) in [5.74, 6) is 0.483. The van der Waals surface area contributed by atoms with E-state index in [0.29, 0.717) is 18.9 Å². The van der Waals surface area contributed by atoms with Gasteiger partial charge < -0.3 is 15.1 Å². The molecule has 4 rings (SSSR count). The van der Waals surface area contributed by atoms with Crippen molar-refractivity contribution in [1.29, 1.82) is 0 Å². The van der Waals surface area contributed by atoms with Crippen molar-refractivity contribution in [2.75, 3.05) is 36.4 Å². The summed E-state index contributed by atoms with van der Waals surface area (Å²) in [6.45, 7) is 16.9. The zero-order valence-electron chi connectivity index (χ0n) is 24.6. The zero-order valence-corrected chi connectivity index (χ0v) is 24.6. The van der Waals surface area contributed by atoms with E-state index in [2.05, 4.69) is 39.0 Å². The summed E-state index contributed by atoms with van der Waals surface area (Å²) in [6, 6.07) is 9.69. The van der Waals surface area contributed by atoms with Crippen LogP contribution in [0.25, 0.3) is 11.3 Å². The number of unbranched alkanes of at least 4 members (excludes halogenated alkanes) is 1. The first-order chi connectivity index (χ1) is 18.8. The van der Waals surface area contributed by atoms with Crippen molar-refractivity contribution in [3.8, 4) is 11.3 Å². The molecule has 0 saturated carbocycles. The van der Waals surface area contributed by atoms with Crippen molar-refractivity contribution >= 4 is 23.3 Å². The highest BCUT2D eigenvalue weighted by Gasteiger charge is 2.19. The Labute approximate surface area is 233 Å². The molecule has 0 unspecified atom stereocenters. The van der Waals surface area contributed by atoms with Crippen molar-refractivity contribution < 1.29 is 9.59 Å². The summed E-state index contributed by atoms with van der Waals surface area (Å²) in [6.07, 6.45) is 8.14. The third-order valence-electron chi connectivity index (χ3n) is 6.28. The Morgan fingerprint density at radius 2 is 1.59 bits per heavy atom. The Bertz CT molecular complexity index is 1190. The molecule has 0 bridgehead atoms. The van der Waals surface area contributed by atoms with Crippen LogP contribution in [0.2, 0.25) is 0 Å². The molecular weight excluding hydrogens is 488 g/mol. The molecule has 210 valence electrons. The fraction of sp³-hybridized carbons (Fsp3) is 0.452. The number of aryl methyl sites for hydroxylation is 2. The van der Waals surface area contributed by atoms with Gasteiger partial charge in [-0.25, -0.2) is 4.98 Å². The molecule has 3 aromatic rings.